The summed E-state index contributed by atoms with van der Waals surface area (Å²) < 4.78 is 5.75. The number of carbonyl (C=O) groups is 2. The Morgan fingerprint density at radius 3 is 2.54 bits per heavy atom. The third-order valence-electron chi connectivity index (χ3n) is 4.52. The van der Waals surface area contributed by atoms with Crippen LogP contribution < -0.4 is 4.74 Å². The van der Waals surface area contributed by atoms with Gasteiger partial charge in [0.2, 0.25) is 0 Å². The summed E-state index contributed by atoms with van der Waals surface area (Å²) in [5.74, 6) is -0.754. The second-order valence-electron chi connectivity index (χ2n) is 6.16. The molecule has 3 rings (SSSR count). The second kappa shape index (κ2) is 7.83. The van der Waals surface area contributed by atoms with Gasteiger partial charge < -0.3 is 14.7 Å². The number of thioether (sulfide) groups is 1. The van der Waals surface area contributed by atoms with Gasteiger partial charge in [-0.1, -0.05) is 24.3 Å². The van der Waals surface area contributed by atoms with Crippen molar-refractivity contribution in [3.8, 4) is 5.75 Å². The van der Waals surface area contributed by atoms with Gasteiger partial charge in [-0.25, -0.2) is 4.79 Å². The lowest BCUT2D eigenvalue weighted by Crippen LogP contribution is -2.48. The van der Waals surface area contributed by atoms with Crippen molar-refractivity contribution in [1.82, 2.24) is 4.90 Å². The number of benzene rings is 2. The molecule has 0 fully saturated rings. The third kappa shape index (κ3) is 3.70. The highest BCUT2D eigenvalue weighted by molar-refractivity contribution is 7.98. The van der Waals surface area contributed by atoms with Crippen LogP contribution in [-0.2, 0) is 16.0 Å². The zero-order valence-corrected chi connectivity index (χ0v) is 15.5. The molecular weight excluding hydrogens is 350 g/mol. The Labute approximate surface area is 157 Å². The number of hydrogen-bond donors (Lipinski definition) is 1. The molecule has 1 heterocycles. The summed E-state index contributed by atoms with van der Waals surface area (Å²) in [5.41, 5.74) is 1.65. The van der Waals surface area contributed by atoms with Crippen molar-refractivity contribution in [2.45, 2.75) is 30.4 Å². The van der Waals surface area contributed by atoms with Crippen molar-refractivity contribution >= 4 is 23.6 Å². The molecule has 0 bridgehead atoms. The van der Waals surface area contributed by atoms with Crippen LogP contribution >= 0.6 is 11.8 Å². The van der Waals surface area contributed by atoms with Gasteiger partial charge in [-0.3, -0.25) is 4.79 Å². The average molecular weight is 371 g/mol. The fourth-order valence-electron chi connectivity index (χ4n) is 3.21. The highest BCUT2D eigenvalue weighted by Crippen LogP contribution is 2.31. The molecule has 1 amide bonds. The molecular formula is C20H21NO4S. The van der Waals surface area contributed by atoms with Gasteiger partial charge in [0, 0.05) is 11.4 Å². The molecule has 2 aromatic rings. The lowest BCUT2D eigenvalue weighted by Gasteiger charge is -2.36. The van der Waals surface area contributed by atoms with Crippen molar-refractivity contribution in [2.75, 3.05) is 12.8 Å². The number of fused-ring (bicyclic) bond motifs is 1. The van der Waals surface area contributed by atoms with E-state index in [1.54, 1.807) is 30.8 Å². The summed E-state index contributed by atoms with van der Waals surface area (Å²) in [6, 6.07) is 13.9. The molecule has 5 nitrogen and oxygen atoms in total. The number of ether oxygens (including phenoxy) is 1. The van der Waals surface area contributed by atoms with Crippen LogP contribution in [0.5, 0.6) is 5.75 Å². The lowest BCUT2D eigenvalue weighted by molar-refractivity contribution is -0.154. The Hall–Kier alpha value is -2.47. The van der Waals surface area contributed by atoms with Crippen LogP contribution in [0.3, 0.4) is 0 Å². The fourth-order valence-corrected chi connectivity index (χ4v) is 3.62. The van der Waals surface area contributed by atoms with Crippen LogP contribution in [0.15, 0.2) is 53.4 Å². The maximum atomic E-state index is 12.9. The SMILES string of the molecule is CSc1ccc(OC(C)C(=O)N2CCc3ccccc3C2C(=O)O)cc1. The molecule has 1 aliphatic heterocycles. The van der Waals surface area contributed by atoms with Crippen LogP contribution in [-0.4, -0.2) is 40.8 Å². The Bertz CT molecular complexity index is 806. The predicted molar refractivity (Wildman–Crippen MR) is 101 cm³/mol. The normalized spacial score (nSPS) is 17.3. The quantitative estimate of drug-likeness (QED) is 0.816. The van der Waals surface area contributed by atoms with Gasteiger partial charge in [-0.2, -0.15) is 0 Å². The number of carboxylic acids is 1. The lowest BCUT2D eigenvalue weighted by atomic mass is 9.92. The molecule has 0 aromatic heterocycles. The van der Waals surface area contributed by atoms with Crippen molar-refractivity contribution in [1.29, 1.82) is 0 Å². The van der Waals surface area contributed by atoms with Gasteiger partial charge in [0.1, 0.15) is 5.75 Å². The second-order valence-corrected chi connectivity index (χ2v) is 7.04. The number of nitrogens with zero attached hydrogens (tertiary/aromatic N) is 1. The molecule has 1 N–H and O–H groups in total. The van der Waals surface area contributed by atoms with E-state index < -0.39 is 18.1 Å². The number of aliphatic carboxylic acids is 1. The van der Waals surface area contributed by atoms with Gasteiger partial charge in [-0.15, -0.1) is 11.8 Å². The van der Waals surface area contributed by atoms with Crippen LogP contribution in [0.25, 0.3) is 0 Å². The fraction of sp³-hybridized carbons (Fsp3) is 0.300. The highest BCUT2D eigenvalue weighted by atomic mass is 32.2. The van der Waals surface area contributed by atoms with Crippen molar-refractivity contribution in [3.63, 3.8) is 0 Å². The molecule has 2 aromatic carbocycles. The van der Waals surface area contributed by atoms with Crippen LogP contribution in [0.2, 0.25) is 0 Å². The minimum Gasteiger partial charge on any atom is -0.481 e. The summed E-state index contributed by atoms with van der Waals surface area (Å²) >= 11 is 1.63. The van der Waals surface area contributed by atoms with Gasteiger partial charge in [-0.05, 0) is 55.0 Å². The molecule has 0 saturated heterocycles. The first-order valence-corrected chi connectivity index (χ1v) is 9.65. The van der Waals surface area contributed by atoms with E-state index in [2.05, 4.69) is 0 Å². The number of hydrogen-bond acceptors (Lipinski definition) is 4. The number of carbonyl (C=O) groups excluding carboxylic acids is 1. The first-order valence-electron chi connectivity index (χ1n) is 8.43. The molecule has 0 spiro atoms. The maximum absolute atomic E-state index is 12.9. The smallest absolute Gasteiger partial charge is 0.331 e. The van der Waals surface area contributed by atoms with Crippen LogP contribution in [0.1, 0.15) is 24.1 Å². The zero-order chi connectivity index (χ0) is 18.7. The molecule has 2 atom stereocenters. The third-order valence-corrected chi connectivity index (χ3v) is 5.26. The van der Waals surface area contributed by atoms with E-state index in [1.165, 1.54) is 4.90 Å². The number of amides is 1. The van der Waals surface area contributed by atoms with Gasteiger partial charge in [0.05, 0.1) is 0 Å². The number of carboxylic acid groups (broad SMARTS) is 1. The minimum atomic E-state index is -1.03. The Morgan fingerprint density at radius 1 is 1.19 bits per heavy atom. The Balaban J connectivity index is 1.78. The molecule has 26 heavy (non-hydrogen) atoms. The van der Waals surface area contributed by atoms with Crippen molar-refractivity contribution in [3.05, 3.63) is 59.7 Å². The summed E-state index contributed by atoms with van der Waals surface area (Å²) in [7, 11) is 0. The first kappa shape index (κ1) is 18.3. The molecule has 0 aliphatic carbocycles. The minimum absolute atomic E-state index is 0.319. The topological polar surface area (TPSA) is 66.8 Å². The van der Waals surface area contributed by atoms with Gasteiger partial charge in [0.25, 0.3) is 5.91 Å². The predicted octanol–water partition coefficient (Wildman–Crippen LogP) is 3.39. The molecule has 0 saturated carbocycles. The highest BCUT2D eigenvalue weighted by Gasteiger charge is 2.37. The largest absolute Gasteiger partial charge is 0.481 e. The van der Waals surface area contributed by atoms with E-state index in [1.807, 2.05) is 42.7 Å². The van der Waals surface area contributed by atoms with Crippen molar-refractivity contribution < 1.29 is 19.4 Å². The maximum Gasteiger partial charge on any atom is 0.331 e. The summed E-state index contributed by atoms with van der Waals surface area (Å²) in [6.07, 6.45) is 1.87. The van der Waals surface area contributed by atoms with E-state index in [9.17, 15) is 14.7 Å². The molecule has 0 radical (unpaired) electrons. The Morgan fingerprint density at radius 2 is 1.88 bits per heavy atom. The van der Waals surface area contributed by atoms with Gasteiger partial charge >= 0.3 is 5.97 Å². The first-order chi connectivity index (χ1) is 12.5. The van der Waals surface area contributed by atoms with E-state index in [0.29, 0.717) is 24.3 Å². The standard InChI is InChI=1S/C20H21NO4S/c1-13(25-15-7-9-16(26-2)10-8-15)19(22)21-12-11-14-5-3-4-6-17(14)18(21)20(23)24/h3-10,13,18H,11-12H2,1-2H3,(H,23,24). The van der Waals surface area contributed by atoms with E-state index in [-0.39, 0.29) is 5.91 Å². The number of rotatable bonds is 5. The van der Waals surface area contributed by atoms with Crippen LogP contribution in [0.4, 0.5) is 0 Å². The molecule has 6 heteroatoms. The van der Waals surface area contributed by atoms with Crippen LogP contribution in [0, 0.1) is 0 Å². The molecule has 1 aliphatic rings. The van der Waals surface area contributed by atoms with Crippen molar-refractivity contribution in [2.24, 2.45) is 0 Å². The van der Waals surface area contributed by atoms with E-state index >= 15 is 0 Å². The monoisotopic (exact) mass is 371 g/mol. The van der Waals surface area contributed by atoms with E-state index in [4.69, 9.17) is 4.74 Å². The Kier molecular flexibility index (Phi) is 5.52. The average Bonchev–Trinajstić information content (AvgIpc) is 2.66. The summed E-state index contributed by atoms with van der Waals surface area (Å²) in [6.45, 7) is 2.02. The van der Waals surface area contributed by atoms with E-state index in [0.717, 1.165) is 10.5 Å². The zero-order valence-electron chi connectivity index (χ0n) is 14.7. The summed E-state index contributed by atoms with van der Waals surface area (Å²) in [5, 5.41) is 9.70. The summed E-state index contributed by atoms with van der Waals surface area (Å²) in [4.78, 5) is 27.2. The van der Waals surface area contributed by atoms with Gasteiger partial charge in [0.15, 0.2) is 12.1 Å². The molecule has 2 unspecified atom stereocenters. The molecule has 136 valence electrons.